The SMILES string of the molecule is CCS(=O)(=O)c1cccc(CC(=O)N2CCCCC2C(=O)O)c1. The number of carbonyl (C=O) groups is 2. The fourth-order valence-electron chi connectivity index (χ4n) is 2.78. The Hall–Kier alpha value is -1.89. The minimum Gasteiger partial charge on any atom is -0.480 e. The molecule has 0 aromatic heterocycles. The highest BCUT2D eigenvalue weighted by atomic mass is 32.2. The molecule has 1 atom stereocenters. The third-order valence-corrected chi connectivity index (χ3v) is 5.83. The lowest BCUT2D eigenvalue weighted by atomic mass is 10.0. The molecule has 0 radical (unpaired) electrons. The summed E-state index contributed by atoms with van der Waals surface area (Å²) >= 11 is 0. The Morgan fingerprint density at radius 1 is 1.30 bits per heavy atom. The number of carboxylic acids is 1. The van der Waals surface area contributed by atoms with Gasteiger partial charge in [-0.2, -0.15) is 0 Å². The van der Waals surface area contributed by atoms with Crippen LogP contribution < -0.4 is 0 Å². The highest BCUT2D eigenvalue weighted by Crippen LogP contribution is 2.20. The van der Waals surface area contributed by atoms with Crippen molar-refractivity contribution >= 4 is 21.7 Å². The molecule has 1 fully saturated rings. The molecule has 1 amide bonds. The van der Waals surface area contributed by atoms with Gasteiger partial charge in [-0.25, -0.2) is 13.2 Å². The largest absolute Gasteiger partial charge is 0.480 e. The number of carboxylic acid groups (broad SMARTS) is 1. The summed E-state index contributed by atoms with van der Waals surface area (Å²) in [7, 11) is -3.32. The Kier molecular flexibility index (Phi) is 5.41. The van der Waals surface area contributed by atoms with E-state index in [2.05, 4.69) is 0 Å². The molecule has 2 rings (SSSR count). The quantitative estimate of drug-likeness (QED) is 0.877. The van der Waals surface area contributed by atoms with Crippen LogP contribution in [0.4, 0.5) is 0 Å². The maximum absolute atomic E-state index is 12.4. The number of hydrogen-bond acceptors (Lipinski definition) is 4. The van der Waals surface area contributed by atoms with E-state index in [0.29, 0.717) is 18.5 Å². The molecule has 1 saturated heterocycles. The van der Waals surface area contributed by atoms with Crippen molar-refractivity contribution in [2.75, 3.05) is 12.3 Å². The van der Waals surface area contributed by atoms with Gasteiger partial charge in [0.2, 0.25) is 5.91 Å². The van der Waals surface area contributed by atoms with E-state index in [9.17, 15) is 23.1 Å². The number of amides is 1. The second-order valence-corrected chi connectivity index (χ2v) is 7.94. The van der Waals surface area contributed by atoms with Gasteiger partial charge in [-0.3, -0.25) is 4.79 Å². The zero-order valence-corrected chi connectivity index (χ0v) is 13.9. The number of aliphatic carboxylic acids is 1. The first-order valence-electron chi connectivity index (χ1n) is 7.69. The molecule has 6 nitrogen and oxygen atoms in total. The van der Waals surface area contributed by atoms with E-state index in [-0.39, 0.29) is 23.0 Å². The normalized spacial score (nSPS) is 18.7. The third-order valence-electron chi connectivity index (χ3n) is 4.10. The zero-order chi connectivity index (χ0) is 17.0. The van der Waals surface area contributed by atoms with Gasteiger partial charge in [-0.05, 0) is 37.0 Å². The topological polar surface area (TPSA) is 91.8 Å². The average molecular weight is 339 g/mol. The lowest BCUT2D eigenvalue weighted by molar-refractivity contribution is -0.151. The minimum atomic E-state index is -3.32. The summed E-state index contributed by atoms with van der Waals surface area (Å²) in [5.41, 5.74) is 0.583. The average Bonchev–Trinajstić information content (AvgIpc) is 2.55. The van der Waals surface area contributed by atoms with Crippen LogP contribution in [0.15, 0.2) is 29.2 Å². The van der Waals surface area contributed by atoms with Gasteiger partial charge < -0.3 is 10.0 Å². The summed E-state index contributed by atoms with van der Waals surface area (Å²) < 4.78 is 23.8. The van der Waals surface area contributed by atoms with Crippen molar-refractivity contribution in [1.82, 2.24) is 4.90 Å². The molecule has 1 aromatic rings. The third kappa shape index (κ3) is 4.10. The van der Waals surface area contributed by atoms with Crippen LogP contribution in [0.2, 0.25) is 0 Å². The van der Waals surface area contributed by atoms with E-state index in [0.717, 1.165) is 12.8 Å². The van der Waals surface area contributed by atoms with Gasteiger partial charge in [0.1, 0.15) is 6.04 Å². The monoisotopic (exact) mass is 339 g/mol. The fourth-order valence-corrected chi connectivity index (χ4v) is 3.73. The molecule has 126 valence electrons. The molecule has 7 heteroatoms. The van der Waals surface area contributed by atoms with Crippen molar-refractivity contribution in [3.63, 3.8) is 0 Å². The van der Waals surface area contributed by atoms with E-state index in [4.69, 9.17) is 0 Å². The number of sulfone groups is 1. The number of benzene rings is 1. The predicted octanol–water partition coefficient (Wildman–Crippen LogP) is 1.49. The smallest absolute Gasteiger partial charge is 0.326 e. The van der Waals surface area contributed by atoms with Gasteiger partial charge in [0.25, 0.3) is 0 Å². The lowest BCUT2D eigenvalue weighted by Crippen LogP contribution is -2.48. The Morgan fingerprint density at radius 2 is 2.04 bits per heavy atom. The lowest BCUT2D eigenvalue weighted by Gasteiger charge is -2.33. The molecule has 23 heavy (non-hydrogen) atoms. The summed E-state index contributed by atoms with van der Waals surface area (Å²) in [6, 6.07) is 5.52. The van der Waals surface area contributed by atoms with Gasteiger partial charge in [0.15, 0.2) is 9.84 Å². The van der Waals surface area contributed by atoms with Crippen molar-refractivity contribution in [1.29, 1.82) is 0 Å². The maximum atomic E-state index is 12.4. The first-order chi connectivity index (χ1) is 10.8. The van der Waals surface area contributed by atoms with E-state index in [1.165, 1.54) is 17.0 Å². The Labute approximate surface area is 136 Å². The van der Waals surface area contributed by atoms with Gasteiger partial charge in [0, 0.05) is 6.54 Å². The molecule has 1 heterocycles. The van der Waals surface area contributed by atoms with Gasteiger partial charge in [0.05, 0.1) is 17.1 Å². The summed E-state index contributed by atoms with van der Waals surface area (Å²) in [6.45, 7) is 2.00. The molecule has 0 spiro atoms. The number of nitrogens with zero attached hydrogens (tertiary/aromatic N) is 1. The molecule has 1 aliphatic heterocycles. The first kappa shape index (κ1) is 17.5. The number of hydrogen-bond donors (Lipinski definition) is 1. The van der Waals surface area contributed by atoms with Gasteiger partial charge >= 0.3 is 5.97 Å². The van der Waals surface area contributed by atoms with E-state index in [1.54, 1.807) is 19.1 Å². The second kappa shape index (κ2) is 7.12. The standard InChI is InChI=1S/C16H21NO5S/c1-2-23(21,22)13-7-5-6-12(10-13)11-15(18)17-9-4-3-8-14(17)16(19)20/h5-7,10,14H,2-4,8-9,11H2,1H3,(H,19,20). The molecule has 0 bridgehead atoms. The van der Waals surface area contributed by atoms with Gasteiger partial charge in [-0.1, -0.05) is 19.1 Å². The molecule has 0 aliphatic carbocycles. The molecule has 1 aliphatic rings. The van der Waals surface area contributed by atoms with Crippen LogP contribution in [0.5, 0.6) is 0 Å². The minimum absolute atomic E-state index is 0.00237. The Balaban J connectivity index is 2.17. The Bertz CT molecular complexity index is 698. The summed E-state index contributed by atoms with van der Waals surface area (Å²) in [5.74, 6) is -1.26. The van der Waals surface area contributed by atoms with Crippen LogP contribution in [0, 0.1) is 0 Å². The zero-order valence-electron chi connectivity index (χ0n) is 13.1. The fraction of sp³-hybridized carbons (Fsp3) is 0.500. The summed E-state index contributed by atoms with van der Waals surface area (Å²) in [6.07, 6.45) is 2.06. The molecule has 1 aromatic carbocycles. The number of carbonyl (C=O) groups excluding carboxylic acids is 1. The maximum Gasteiger partial charge on any atom is 0.326 e. The van der Waals surface area contributed by atoms with Crippen molar-refractivity contribution in [2.24, 2.45) is 0 Å². The number of piperidine rings is 1. The summed E-state index contributed by atoms with van der Waals surface area (Å²) in [4.78, 5) is 25.3. The van der Waals surface area contributed by atoms with E-state index >= 15 is 0 Å². The van der Waals surface area contributed by atoms with Crippen LogP contribution in [0.1, 0.15) is 31.7 Å². The molecule has 1 unspecified atom stereocenters. The van der Waals surface area contributed by atoms with Crippen molar-refractivity contribution in [3.8, 4) is 0 Å². The van der Waals surface area contributed by atoms with Crippen LogP contribution in [-0.4, -0.2) is 48.6 Å². The van der Waals surface area contributed by atoms with Crippen molar-refractivity contribution < 1.29 is 23.1 Å². The predicted molar refractivity (Wildman–Crippen MR) is 84.9 cm³/mol. The Morgan fingerprint density at radius 3 is 2.70 bits per heavy atom. The van der Waals surface area contributed by atoms with Crippen LogP contribution in [0.3, 0.4) is 0 Å². The van der Waals surface area contributed by atoms with Crippen LogP contribution in [-0.2, 0) is 25.8 Å². The van der Waals surface area contributed by atoms with Crippen molar-refractivity contribution in [2.45, 2.75) is 43.5 Å². The van der Waals surface area contributed by atoms with Crippen molar-refractivity contribution in [3.05, 3.63) is 29.8 Å². The first-order valence-corrected chi connectivity index (χ1v) is 9.34. The van der Waals surface area contributed by atoms with Crippen LogP contribution >= 0.6 is 0 Å². The molecular formula is C16H21NO5S. The number of rotatable bonds is 5. The molecule has 0 saturated carbocycles. The second-order valence-electron chi connectivity index (χ2n) is 5.66. The summed E-state index contributed by atoms with van der Waals surface area (Å²) in [5, 5.41) is 9.23. The van der Waals surface area contributed by atoms with E-state index < -0.39 is 21.8 Å². The number of likely N-dealkylation sites (tertiary alicyclic amines) is 1. The van der Waals surface area contributed by atoms with Gasteiger partial charge in [-0.15, -0.1) is 0 Å². The highest BCUT2D eigenvalue weighted by molar-refractivity contribution is 7.91. The molecular weight excluding hydrogens is 318 g/mol. The van der Waals surface area contributed by atoms with E-state index in [1.807, 2.05) is 0 Å². The molecule has 1 N–H and O–H groups in total. The highest BCUT2D eigenvalue weighted by Gasteiger charge is 2.31. The van der Waals surface area contributed by atoms with Crippen LogP contribution in [0.25, 0.3) is 0 Å².